The Hall–Kier alpha value is -0.610. The molecule has 444 valence electrons. The van der Waals surface area contributed by atoms with E-state index >= 15 is 0 Å². The lowest BCUT2D eigenvalue weighted by Crippen LogP contribution is -2.45. The number of rotatable bonds is 67. The van der Waals surface area contributed by atoms with Gasteiger partial charge in [-0.05, 0) is 12.8 Å². The highest BCUT2D eigenvalue weighted by atomic mass is 16.3. The van der Waals surface area contributed by atoms with Crippen molar-refractivity contribution in [3.63, 3.8) is 0 Å². The van der Waals surface area contributed by atoms with Crippen molar-refractivity contribution in [2.75, 3.05) is 6.61 Å². The molecule has 0 saturated carbocycles. The number of carbonyl (C=O) groups excluding carboxylic acids is 1. The van der Waals surface area contributed by atoms with Gasteiger partial charge in [-0.3, -0.25) is 4.79 Å². The Balaban J connectivity index is 3.32. The molecule has 0 aromatic carbocycles. The predicted molar refractivity (Wildman–Crippen MR) is 332 cm³/mol. The van der Waals surface area contributed by atoms with Crippen LogP contribution in [0.1, 0.15) is 425 Å². The van der Waals surface area contributed by atoms with Gasteiger partial charge in [-0.2, -0.15) is 0 Å². The Kier molecular flexibility index (Phi) is 66.1. The lowest BCUT2D eigenvalue weighted by molar-refractivity contribution is -0.123. The van der Waals surface area contributed by atoms with Crippen LogP contribution < -0.4 is 5.32 Å². The van der Waals surface area contributed by atoms with Crippen LogP contribution in [0.15, 0.2) is 0 Å². The van der Waals surface area contributed by atoms with Gasteiger partial charge in [0.1, 0.15) is 0 Å². The van der Waals surface area contributed by atoms with E-state index in [1.807, 2.05) is 0 Å². The molecule has 2 atom stereocenters. The molecule has 0 aliphatic heterocycles. The van der Waals surface area contributed by atoms with Crippen LogP contribution in [0.5, 0.6) is 0 Å². The summed E-state index contributed by atoms with van der Waals surface area (Å²) in [5, 5.41) is 23.4. The summed E-state index contributed by atoms with van der Waals surface area (Å²) in [6.45, 7) is 4.42. The SMILES string of the molecule is CCCCCCCCCCCCCCCCCCCCCCCCCCCCCCCCCCCCCCCCCCCC(=O)NC(CO)C(O)CCCCCCCCCCCCCCCCCCCCCCC. The molecule has 74 heavy (non-hydrogen) atoms. The number of nitrogens with one attached hydrogen (secondary N) is 1. The normalized spacial score (nSPS) is 12.5. The number of hydrogen-bond donors (Lipinski definition) is 3. The fraction of sp³-hybridized carbons (Fsp3) is 0.986. The number of carbonyl (C=O) groups is 1. The fourth-order valence-electron chi connectivity index (χ4n) is 11.8. The van der Waals surface area contributed by atoms with Gasteiger partial charge in [-0.25, -0.2) is 0 Å². The lowest BCUT2D eigenvalue weighted by atomic mass is 10.0. The monoisotopic (exact) mass is 1040 g/mol. The summed E-state index contributed by atoms with van der Waals surface area (Å²) in [6, 6.07) is -0.532. The van der Waals surface area contributed by atoms with Crippen molar-refractivity contribution in [2.45, 2.75) is 437 Å². The third-order valence-electron chi connectivity index (χ3n) is 17.1. The summed E-state index contributed by atoms with van der Waals surface area (Å²) < 4.78 is 0. The maximum atomic E-state index is 12.5. The molecule has 0 fully saturated rings. The smallest absolute Gasteiger partial charge is 0.220 e. The highest BCUT2D eigenvalue weighted by Crippen LogP contribution is 2.20. The molecule has 0 aliphatic carbocycles. The molecule has 0 rings (SSSR count). The quantitative estimate of drug-likeness (QED) is 0.0532. The molecule has 0 aliphatic rings. The van der Waals surface area contributed by atoms with E-state index in [-0.39, 0.29) is 12.5 Å². The predicted octanol–water partition coefficient (Wildman–Crippen LogP) is 23.8. The summed E-state index contributed by atoms with van der Waals surface area (Å²) in [6.07, 6.45) is 87.5. The van der Waals surface area contributed by atoms with Crippen LogP contribution in [0.4, 0.5) is 0 Å². The van der Waals surface area contributed by atoms with Gasteiger partial charge in [0.25, 0.3) is 0 Å². The summed E-state index contributed by atoms with van der Waals surface area (Å²) >= 11 is 0. The van der Waals surface area contributed by atoms with E-state index in [9.17, 15) is 15.0 Å². The van der Waals surface area contributed by atoms with Crippen LogP contribution in [-0.4, -0.2) is 34.9 Å². The second-order valence-electron chi connectivity index (χ2n) is 24.7. The van der Waals surface area contributed by atoms with E-state index in [1.54, 1.807) is 0 Å². The van der Waals surface area contributed by atoms with Crippen molar-refractivity contribution in [3.8, 4) is 0 Å². The second kappa shape index (κ2) is 66.7. The summed E-state index contributed by atoms with van der Waals surface area (Å²) in [5.74, 6) is -0.0198. The Morgan fingerprint density at radius 1 is 0.270 bits per heavy atom. The van der Waals surface area contributed by atoms with Crippen LogP contribution in [0.2, 0.25) is 0 Å². The average Bonchev–Trinajstić information content (AvgIpc) is 3.40. The van der Waals surface area contributed by atoms with Gasteiger partial charge < -0.3 is 15.5 Å². The third kappa shape index (κ3) is 62.2. The fourth-order valence-corrected chi connectivity index (χ4v) is 11.8. The van der Waals surface area contributed by atoms with Crippen LogP contribution in [0, 0.1) is 0 Å². The molecule has 4 nitrogen and oxygen atoms in total. The van der Waals surface area contributed by atoms with E-state index in [0.717, 1.165) is 25.7 Å². The first-order chi connectivity index (χ1) is 36.7. The van der Waals surface area contributed by atoms with E-state index in [4.69, 9.17) is 0 Å². The molecule has 0 heterocycles. The van der Waals surface area contributed by atoms with E-state index in [2.05, 4.69) is 19.2 Å². The number of aliphatic hydroxyl groups excluding tert-OH is 2. The van der Waals surface area contributed by atoms with Crippen molar-refractivity contribution in [2.24, 2.45) is 0 Å². The summed E-state index contributed by atoms with van der Waals surface area (Å²) in [5.41, 5.74) is 0. The number of amides is 1. The van der Waals surface area contributed by atoms with Crippen molar-refractivity contribution >= 4 is 5.91 Å². The Morgan fingerprint density at radius 2 is 0.432 bits per heavy atom. The Labute approximate surface area is 467 Å². The zero-order valence-electron chi connectivity index (χ0n) is 51.4. The van der Waals surface area contributed by atoms with E-state index in [1.165, 1.54) is 372 Å². The highest BCUT2D eigenvalue weighted by molar-refractivity contribution is 5.76. The van der Waals surface area contributed by atoms with Gasteiger partial charge in [0.15, 0.2) is 0 Å². The molecular weight excluding hydrogens is 903 g/mol. The van der Waals surface area contributed by atoms with Crippen LogP contribution in [0.25, 0.3) is 0 Å². The Bertz CT molecular complexity index is 1000. The number of hydrogen-bond acceptors (Lipinski definition) is 3. The zero-order chi connectivity index (χ0) is 53.4. The largest absolute Gasteiger partial charge is 0.394 e. The molecule has 4 heteroatoms. The van der Waals surface area contributed by atoms with Crippen molar-refractivity contribution < 1.29 is 15.0 Å². The Morgan fingerprint density at radius 3 is 0.608 bits per heavy atom. The summed E-state index contributed by atoms with van der Waals surface area (Å²) in [4.78, 5) is 12.5. The standard InChI is InChI=1S/C70H141NO3/c1-3-5-7-9-11-13-15-17-19-21-23-25-26-27-28-29-30-31-32-33-34-35-36-37-38-39-40-41-42-43-44-46-48-50-52-54-56-58-60-62-64-66-70(74)71-68(67-72)69(73)65-63-61-59-57-55-53-51-49-47-45-24-22-20-18-16-14-12-10-8-6-4-2/h68-69,72-73H,3-67H2,1-2H3,(H,71,74). The number of unbranched alkanes of at least 4 members (excludes halogenated alkanes) is 60. The topological polar surface area (TPSA) is 69.6 Å². The second-order valence-corrected chi connectivity index (χ2v) is 24.7. The molecule has 0 aromatic rings. The molecule has 0 radical (unpaired) electrons. The molecule has 1 amide bonds. The first-order valence-electron chi connectivity index (χ1n) is 35.2. The minimum atomic E-state index is -0.656. The molecule has 0 bridgehead atoms. The molecule has 0 aromatic heterocycles. The maximum Gasteiger partial charge on any atom is 0.220 e. The molecule has 0 spiro atoms. The van der Waals surface area contributed by atoms with Gasteiger partial charge in [-0.15, -0.1) is 0 Å². The van der Waals surface area contributed by atoms with Crippen LogP contribution in [0.3, 0.4) is 0 Å². The van der Waals surface area contributed by atoms with Gasteiger partial charge in [0.05, 0.1) is 18.8 Å². The molecule has 0 saturated heterocycles. The average molecular weight is 1040 g/mol. The molecule has 3 N–H and O–H groups in total. The zero-order valence-corrected chi connectivity index (χ0v) is 51.4. The van der Waals surface area contributed by atoms with E-state index < -0.39 is 12.1 Å². The molecule has 2 unspecified atom stereocenters. The minimum Gasteiger partial charge on any atom is -0.394 e. The highest BCUT2D eigenvalue weighted by Gasteiger charge is 2.20. The van der Waals surface area contributed by atoms with E-state index in [0.29, 0.717) is 12.8 Å². The van der Waals surface area contributed by atoms with Gasteiger partial charge in [-0.1, -0.05) is 406 Å². The first kappa shape index (κ1) is 73.4. The lowest BCUT2D eigenvalue weighted by Gasteiger charge is -2.22. The van der Waals surface area contributed by atoms with Crippen LogP contribution in [-0.2, 0) is 4.79 Å². The first-order valence-corrected chi connectivity index (χ1v) is 35.2. The third-order valence-corrected chi connectivity index (χ3v) is 17.1. The minimum absolute atomic E-state index is 0.0198. The van der Waals surface area contributed by atoms with Crippen molar-refractivity contribution in [1.29, 1.82) is 0 Å². The van der Waals surface area contributed by atoms with Gasteiger partial charge in [0, 0.05) is 6.42 Å². The van der Waals surface area contributed by atoms with Crippen LogP contribution >= 0.6 is 0 Å². The van der Waals surface area contributed by atoms with Gasteiger partial charge >= 0.3 is 0 Å². The van der Waals surface area contributed by atoms with Crippen molar-refractivity contribution in [3.05, 3.63) is 0 Å². The molecular formula is C70H141NO3. The van der Waals surface area contributed by atoms with Gasteiger partial charge in [0.2, 0.25) is 5.91 Å². The summed E-state index contributed by atoms with van der Waals surface area (Å²) in [7, 11) is 0. The maximum absolute atomic E-state index is 12.5. The van der Waals surface area contributed by atoms with Crippen molar-refractivity contribution in [1.82, 2.24) is 5.32 Å². The number of aliphatic hydroxyl groups is 2.